The minimum Gasteiger partial charge on any atom is -0.462 e. The molecule has 1 aliphatic rings. The molecule has 5 rings (SSSR count). The van der Waals surface area contributed by atoms with Crippen LogP contribution in [-0.4, -0.2) is 46.8 Å². The number of pyridine rings is 1. The molecule has 0 saturated carbocycles. The van der Waals surface area contributed by atoms with Gasteiger partial charge in [0.2, 0.25) is 5.13 Å². The van der Waals surface area contributed by atoms with E-state index in [2.05, 4.69) is 20.8 Å². The van der Waals surface area contributed by atoms with Gasteiger partial charge in [0.1, 0.15) is 14.7 Å². The van der Waals surface area contributed by atoms with E-state index in [0.29, 0.717) is 27.0 Å². The molecule has 35 heavy (non-hydrogen) atoms. The van der Waals surface area contributed by atoms with Gasteiger partial charge < -0.3 is 10.1 Å². The number of ether oxygens (including phenoxy) is 1. The zero-order valence-electron chi connectivity index (χ0n) is 19.3. The zero-order valence-corrected chi connectivity index (χ0v) is 20.9. The molecule has 0 fully saturated rings. The average molecular weight is 508 g/mol. The van der Waals surface area contributed by atoms with Crippen LogP contribution in [-0.2, 0) is 17.6 Å². The highest BCUT2D eigenvalue weighted by Crippen LogP contribution is 2.34. The number of thiophene rings is 1. The summed E-state index contributed by atoms with van der Waals surface area (Å²) in [5.41, 5.74) is 3.32. The fraction of sp³-hybridized carbons (Fsp3) is 0.320. The number of unbranched alkanes of at least 4 members (excludes halogenated alkanes) is 1. The van der Waals surface area contributed by atoms with Crippen molar-refractivity contribution in [1.82, 2.24) is 20.5 Å². The third-order valence-electron chi connectivity index (χ3n) is 5.77. The highest BCUT2D eigenvalue weighted by atomic mass is 32.1. The number of fused-ring (bicyclic) bond motifs is 2. The van der Waals surface area contributed by atoms with Crippen LogP contribution in [0.5, 0.6) is 0 Å². The molecule has 0 bridgehead atoms. The maximum Gasteiger partial charge on any atom is 0.340 e. The van der Waals surface area contributed by atoms with Crippen LogP contribution in [0, 0.1) is 0 Å². The number of carbonyl (C=O) groups excluding carboxylic acids is 2. The van der Waals surface area contributed by atoms with E-state index < -0.39 is 11.9 Å². The molecule has 0 spiro atoms. The van der Waals surface area contributed by atoms with Gasteiger partial charge in [-0.1, -0.05) is 55.0 Å². The SMILES string of the molecule is CCCCOC(=O)c1c(C(=O)Nc2nnc(-c3ccccc3)s2)sc2nc3c(cc12)CCNCC3. The van der Waals surface area contributed by atoms with Gasteiger partial charge in [0.25, 0.3) is 5.91 Å². The predicted molar refractivity (Wildman–Crippen MR) is 138 cm³/mol. The standard InChI is InChI=1S/C25H25N5O3S2/c1-2-3-13-33-24(32)19-17-14-16-9-11-26-12-10-18(16)27-23(17)34-20(19)21(31)28-25-30-29-22(35-25)15-7-5-4-6-8-15/h4-8,14,26H,2-3,9-13H2,1H3,(H,28,30,31). The van der Waals surface area contributed by atoms with E-state index in [4.69, 9.17) is 9.72 Å². The van der Waals surface area contributed by atoms with Gasteiger partial charge in [-0.05, 0) is 31.0 Å². The second kappa shape index (κ2) is 10.6. The monoisotopic (exact) mass is 507 g/mol. The highest BCUT2D eigenvalue weighted by molar-refractivity contribution is 7.21. The first-order chi connectivity index (χ1) is 17.1. The summed E-state index contributed by atoms with van der Waals surface area (Å²) < 4.78 is 5.53. The van der Waals surface area contributed by atoms with Gasteiger partial charge in [-0.15, -0.1) is 21.5 Å². The lowest BCUT2D eigenvalue weighted by molar-refractivity contribution is 0.0500. The van der Waals surface area contributed by atoms with Gasteiger partial charge in [-0.25, -0.2) is 9.78 Å². The summed E-state index contributed by atoms with van der Waals surface area (Å²) in [6.45, 7) is 4.06. The Morgan fingerprint density at radius 1 is 1.11 bits per heavy atom. The van der Waals surface area contributed by atoms with E-state index in [0.717, 1.165) is 55.6 Å². The molecule has 0 aliphatic carbocycles. The second-order valence-electron chi connectivity index (χ2n) is 8.23. The van der Waals surface area contributed by atoms with E-state index in [1.165, 1.54) is 22.7 Å². The molecule has 1 aromatic carbocycles. The largest absolute Gasteiger partial charge is 0.462 e. The summed E-state index contributed by atoms with van der Waals surface area (Å²) in [7, 11) is 0. The van der Waals surface area contributed by atoms with Crippen LogP contribution in [0.4, 0.5) is 5.13 Å². The minimum atomic E-state index is -0.495. The molecule has 1 aliphatic heterocycles. The molecular formula is C25H25N5O3S2. The lowest BCUT2D eigenvalue weighted by atomic mass is 10.0. The summed E-state index contributed by atoms with van der Waals surface area (Å²) in [6, 6.07) is 11.7. The number of aromatic nitrogens is 3. The summed E-state index contributed by atoms with van der Waals surface area (Å²) in [6.07, 6.45) is 3.32. The van der Waals surface area contributed by atoms with Gasteiger partial charge in [-0.3, -0.25) is 10.1 Å². The summed E-state index contributed by atoms with van der Waals surface area (Å²) in [5.74, 6) is -0.909. The van der Waals surface area contributed by atoms with Crippen LogP contribution < -0.4 is 10.6 Å². The van der Waals surface area contributed by atoms with Crippen LogP contribution in [0.25, 0.3) is 20.8 Å². The van der Waals surface area contributed by atoms with E-state index >= 15 is 0 Å². The van der Waals surface area contributed by atoms with Crippen molar-refractivity contribution in [2.45, 2.75) is 32.6 Å². The lowest BCUT2D eigenvalue weighted by Crippen LogP contribution is -2.16. The van der Waals surface area contributed by atoms with Crippen molar-refractivity contribution < 1.29 is 14.3 Å². The second-order valence-corrected chi connectivity index (χ2v) is 10.2. The zero-order chi connectivity index (χ0) is 24.2. The Kier molecular flexibility index (Phi) is 7.12. The number of nitrogens with one attached hydrogen (secondary N) is 2. The molecule has 2 N–H and O–H groups in total. The Bertz CT molecular complexity index is 1370. The summed E-state index contributed by atoms with van der Waals surface area (Å²) in [5, 5.41) is 16.3. The van der Waals surface area contributed by atoms with Crippen LogP contribution in [0.15, 0.2) is 36.4 Å². The van der Waals surface area contributed by atoms with Crippen molar-refractivity contribution in [3.63, 3.8) is 0 Å². The molecule has 0 unspecified atom stereocenters. The number of hydrogen-bond acceptors (Lipinski definition) is 9. The lowest BCUT2D eigenvalue weighted by Gasteiger charge is -2.07. The number of carbonyl (C=O) groups is 2. The molecule has 0 saturated heterocycles. The molecule has 4 heterocycles. The van der Waals surface area contributed by atoms with Crippen LogP contribution in [0.1, 0.15) is 51.1 Å². The Balaban J connectivity index is 1.49. The Labute approximate surface area is 210 Å². The third kappa shape index (κ3) is 5.09. The van der Waals surface area contributed by atoms with Crippen molar-refractivity contribution in [3.05, 3.63) is 58.1 Å². The molecule has 4 aromatic rings. The number of hydrogen-bond donors (Lipinski definition) is 2. The molecule has 180 valence electrons. The molecule has 0 atom stereocenters. The van der Waals surface area contributed by atoms with Gasteiger partial charge in [0.15, 0.2) is 0 Å². The number of benzene rings is 1. The maximum absolute atomic E-state index is 13.4. The van der Waals surface area contributed by atoms with Crippen molar-refractivity contribution in [3.8, 4) is 10.6 Å². The van der Waals surface area contributed by atoms with Crippen LogP contribution in [0.3, 0.4) is 0 Å². The highest BCUT2D eigenvalue weighted by Gasteiger charge is 2.27. The maximum atomic E-state index is 13.4. The number of anilines is 1. The predicted octanol–water partition coefficient (Wildman–Crippen LogP) is 4.71. The Morgan fingerprint density at radius 2 is 1.94 bits per heavy atom. The van der Waals surface area contributed by atoms with Crippen LogP contribution >= 0.6 is 22.7 Å². The van der Waals surface area contributed by atoms with Crippen molar-refractivity contribution in [1.29, 1.82) is 0 Å². The number of amides is 1. The number of nitrogens with zero attached hydrogens (tertiary/aromatic N) is 3. The van der Waals surface area contributed by atoms with Gasteiger partial charge in [-0.2, -0.15) is 0 Å². The topological polar surface area (TPSA) is 106 Å². The first-order valence-electron chi connectivity index (χ1n) is 11.7. The average Bonchev–Trinajstić information content (AvgIpc) is 3.41. The molecule has 10 heteroatoms. The first kappa shape index (κ1) is 23.5. The van der Waals surface area contributed by atoms with E-state index in [9.17, 15) is 9.59 Å². The molecule has 8 nitrogen and oxygen atoms in total. The van der Waals surface area contributed by atoms with E-state index in [-0.39, 0.29) is 10.4 Å². The molecular weight excluding hydrogens is 482 g/mol. The van der Waals surface area contributed by atoms with Crippen molar-refractivity contribution in [2.75, 3.05) is 25.0 Å². The van der Waals surface area contributed by atoms with E-state index in [1.54, 1.807) is 0 Å². The first-order valence-corrected chi connectivity index (χ1v) is 13.3. The third-order valence-corrected chi connectivity index (χ3v) is 7.75. The van der Waals surface area contributed by atoms with Gasteiger partial charge in [0.05, 0.1) is 12.2 Å². The molecule has 1 amide bonds. The summed E-state index contributed by atoms with van der Waals surface area (Å²) in [4.78, 5) is 32.3. The van der Waals surface area contributed by atoms with Crippen molar-refractivity contribution >= 4 is 49.9 Å². The molecule has 3 aromatic heterocycles. The fourth-order valence-corrected chi connectivity index (χ4v) is 5.76. The van der Waals surface area contributed by atoms with Crippen molar-refractivity contribution in [2.24, 2.45) is 0 Å². The normalized spacial score (nSPS) is 13.3. The Morgan fingerprint density at radius 3 is 2.77 bits per heavy atom. The van der Waals surface area contributed by atoms with Gasteiger partial charge in [0, 0.05) is 29.6 Å². The van der Waals surface area contributed by atoms with E-state index in [1.807, 2.05) is 43.3 Å². The van der Waals surface area contributed by atoms with Gasteiger partial charge >= 0.3 is 5.97 Å². The summed E-state index contributed by atoms with van der Waals surface area (Å²) >= 11 is 2.50. The fourth-order valence-electron chi connectivity index (χ4n) is 3.96. The smallest absolute Gasteiger partial charge is 0.340 e. The molecule has 0 radical (unpaired) electrons. The number of esters is 1. The Hall–Kier alpha value is -3.21. The quantitative estimate of drug-likeness (QED) is 0.276. The van der Waals surface area contributed by atoms with Crippen LogP contribution in [0.2, 0.25) is 0 Å². The number of rotatable bonds is 7. The minimum absolute atomic E-state index is 0.277.